The first-order valence-electron chi connectivity index (χ1n) is 8.86. The highest BCUT2D eigenvalue weighted by atomic mass is 35.5. The number of piperazine rings is 1. The van der Waals surface area contributed by atoms with E-state index in [1.807, 2.05) is 0 Å². The van der Waals surface area contributed by atoms with Gasteiger partial charge in [0, 0.05) is 50.7 Å². The lowest BCUT2D eigenvalue weighted by molar-refractivity contribution is -0.117. The molecule has 9 heteroatoms. The van der Waals surface area contributed by atoms with Crippen LogP contribution in [-0.4, -0.2) is 54.4 Å². The van der Waals surface area contributed by atoms with Crippen LogP contribution in [0.2, 0.25) is 10.0 Å². The second-order valence-corrected chi connectivity index (χ2v) is 7.37. The van der Waals surface area contributed by atoms with E-state index in [2.05, 4.69) is 25.4 Å². The topological polar surface area (TPSA) is 77.6 Å². The Hall–Kier alpha value is -2.35. The zero-order chi connectivity index (χ0) is 20.1. The number of amides is 2. The maximum Gasteiger partial charge on any atom is 0.238 e. The summed E-state index contributed by atoms with van der Waals surface area (Å²) >= 11 is 12.1. The van der Waals surface area contributed by atoms with E-state index in [1.165, 1.54) is 6.92 Å². The SMILES string of the molecule is CC(=O)Nc1ccc(NC(=O)CN2CCN(c3ncc(Cl)cc3Cl)CC2)cc1. The van der Waals surface area contributed by atoms with Crippen molar-refractivity contribution in [2.45, 2.75) is 6.92 Å². The number of rotatable bonds is 5. The van der Waals surface area contributed by atoms with Crippen LogP contribution >= 0.6 is 23.2 Å². The normalized spacial score (nSPS) is 14.6. The summed E-state index contributed by atoms with van der Waals surface area (Å²) in [6.45, 7) is 4.68. The van der Waals surface area contributed by atoms with Gasteiger partial charge in [-0.15, -0.1) is 0 Å². The Labute approximate surface area is 173 Å². The predicted octanol–water partition coefficient (Wildman–Crippen LogP) is 3.11. The number of pyridine rings is 1. The van der Waals surface area contributed by atoms with E-state index in [0.29, 0.717) is 28.0 Å². The Bertz CT molecular complexity index is 852. The van der Waals surface area contributed by atoms with Crippen LogP contribution in [-0.2, 0) is 9.59 Å². The van der Waals surface area contributed by atoms with Crippen molar-refractivity contribution < 1.29 is 9.59 Å². The van der Waals surface area contributed by atoms with E-state index in [0.717, 1.165) is 32.0 Å². The van der Waals surface area contributed by atoms with Gasteiger partial charge in [0.2, 0.25) is 11.8 Å². The Morgan fingerprint density at radius 1 is 1.04 bits per heavy atom. The van der Waals surface area contributed by atoms with Gasteiger partial charge in [-0.3, -0.25) is 14.5 Å². The molecule has 0 aliphatic carbocycles. The molecule has 0 spiro atoms. The van der Waals surface area contributed by atoms with Crippen molar-refractivity contribution in [3.05, 3.63) is 46.6 Å². The summed E-state index contributed by atoms with van der Waals surface area (Å²) in [7, 11) is 0. The standard InChI is InChI=1S/C19H21Cl2N5O2/c1-13(27)23-15-2-4-16(5-3-15)24-18(28)12-25-6-8-26(9-7-25)19-17(21)10-14(20)11-22-19/h2-5,10-11H,6-9,12H2,1H3,(H,23,27)(H,24,28). The average molecular weight is 422 g/mol. The van der Waals surface area contributed by atoms with E-state index in [1.54, 1.807) is 36.5 Å². The molecule has 0 bridgehead atoms. The maximum atomic E-state index is 12.3. The molecule has 1 aromatic heterocycles. The van der Waals surface area contributed by atoms with Crippen LogP contribution in [0.1, 0.15) is 6.92 Å². The van der Waals surface area contributed by atoms with Crippen LogP contribution in [0.15, 0.2) is 36.5 Å². The largest absolute Gasteiger partial charge is 0.353 e. The van der Waals surface area contributed by atoms with Crippen molar-refractivity contribution in [2.24, 2.45) is 0 Å². The molecule has 0 saturated carbocycles. The number of nitrogens with zero attached hydrogens (tertiary/aromatic N) is 3. The van der Waals surface area contributed by atoms with Gasteiger partial charge in [-0.1, -0.05) is 23.2 Å². The van der Waals surface area contributed by atoms with Gasteiger partial charge in [-0.2, -0.15) is 0 Å². The third-order valence-corrected chi connectivity index (χ3v) is 4.80. The first-order valence-corrected chi connectivity index (χ1v) is 9.62. The van der Waals surface area contributed by atoms with Gasteiger partial charge in [0.15, 0.2) is 0 Å². The predicted molar refractivity (Wildman–Crippen MR) is 112 cm³/mol. The second kappa shape index (κ2) is 9.23. The van der Waals surface area contributed by atoms with Crippen LogP contribution in [0.25, 0.3) is 0 Å². The van der Waals surface area contributed by atoms with Crippen molar-refractivity contribution in [1.29, 1.82) is 0 Å². The first-order chi connectivity index (χ1) is 13.4. The minimum absolute atomic E-state index is 0.0802. The summed E-state index contributed by atoms with van der Waals surface area (Å²) in [6.07, 6.45) is 1.58. The summed E-state index contributed by atoms with van der Waals surface area (Å²) in [5.41, 5.74) is 1.38. The molecule has 7 nitrogen and oxygen atoms in total. The molecular formula is C19H21Cl2N5O2. The number of nitrogens with one attached hydrogen (secondary N) is 2. The van der Waals surface area contributed by atoms with Crippen LogP contribution in [0.3, 0.4) is 0 Å². The van der Waals surface area contributed by atoms with Gasteiger partial charge in [0.25, 0.3) is 0 Å². The van der Waals surface area contributed by atoms with E-state index in [9.17, 15) is 9.59 Å². The lowest BCUT2D eigenvalue weighted by atomic mass is 10.2. The molecule has 1 aliphatic heterocycles. The number of aromatic nitrogens is 1. The van der Waals surface area contributed by atoms with Crippen molar-refractivity contribution in [3.63, 3.8) is 0 Å². The van der Waals surface area contributed by atoms with Gasteiger partial charge in [0.05, 0.1) is 16.6 Å². The highest BCUT2D eigenvalue weighted by molar-refractivity contribution is 6.36. The van der Waals surface area contributed by atoms with Gasteiger partial charge < -0.3 is 15.5 Å². The highest BCUT2D eigenvalue weighted by Crippen LogP contribution is 2.26. The summed E-state index contributed by atoms with van der Waals surface area (Å²) < 4.78 is 0. The summed E-state index contributed by atoms with van der Waals surface area (Å²) in [4.78, 5) is 31.8. The van der Waals surface area contributed by atoms with Crippen molar-refractivity contribution in [1.82, 2.24) is 9.88 Å². The second-order valence-electron chi connectivity index (χ2n) is 6.53. The number of benzene rings is 1. The van der Waals surface area contributed by atoms with E-state index in [-0.39, 0.29) is 11.8 Å². The smallest absolute Gasteiger partial charge is 0.238 e. The molecule has 0 atom stereocenters. The van der Waals surface area contributed by atoms with Gasteiger partial charge in [-0.25, -0.2) is 4.98 Å². The lowest BCUT2D eigenvalue weighted by Crippen LogP contribution is -2.49. The molecule has 2 heterocycles. The quantitative estimate of drug-likeness (QED) is 0.775. The molecule has 0 radical (unpaired) electrons. The minimum Gasteiger partial charge on any atom is -0.353 e. The zero-order valence-corrected chi connectivity index (χ0v) is 16.9. The van der Waals surface area contributed by atoms with E-state index < -0.39 is 0 Å². The number of hydrogen-bond donors (Lipinski definition) is 2. The van der Waals surface area contributed by atoms with Crippen LogP contribution < -0.4 is 15.5 Å². The van der Waals surface area contributed by atoms with E-state index >= 15 is 0 Å². The first kappa shape index (κ1) is 20.4. The van der Waals surface area contributed by atoms with Crippen LogP contribution in [0.4, 0.5) is 17.2 Å². The monoisotopic (exact) mass is 421 g/mol. The number of hydrogen-bond acceptors (Lipinski definition) is 5. The van der Waals surface area contributed by atoms with E-state index in [4.69, 9.17) is 23.2 Å². The Kier molecular flexibility index (Phi) is 6.72. The third kappa shape index (κ3) is 5.58. The van der Waals surface area contributed by atoms with Gasteiger partial charge in [0.1, 0.15) is 5.82 Å². The fraction of sp³-hybridized carbons (Fsp3) is 0.316. The summed E-state index contributed by atoms with van der Waals surface area (Å²) in [5, 5.41) is 6.60. The molecule has 2 N–H and O–H groups in total. The van der Waals surface area contributed by atoms with Crippen LogP contribution in [0, 0.1) is 0 Å². The molecule has 28 heavy (non-hydrogen) atoms. The Morgan fingerprint density at radius 3 is 2.21 bits per heavy atom. The fourth-order valence-corrected chi connectivity index (χ4v) is 3.50. The number of anilines is 3. The van der Waals surface area contributed by atoms with Gasteiger partial charge in [-0.05, 0) is 30.3 Å². The van der Waals surface area contributed by atoms with Crippen molar-refractivity contribution >= 4 is 52.2 Å². The molecule has 2 amide bonds. The van der Waals surface area contributed by atoms with Gasteiger partial charge >= 0.3 is 0 Å². The summed E-state index contributed by atoms with van der Waals surface area (Å²) in [6, 6.07) is 8.70. The molecule has 148 valence electrons. The molecule has 2 aromatic rings. The molecule has 1 saturated heterocycles. The Balaban J connectivity index is 1.47. The van der Waals surface area contributed by atoms with Crippen molar-refractivity contribution in [3.8, 4) is 0 Å². The van der Waals surface area contributed by atoms with Crippen molar-refractivity contribution in [2.75, 3.05) is 48.3 Å². The highest BCUT2D eigenvalue weighted by Gasteiger charge is 2.21. The van der Waals surface area contributed by atoms with Crippen LogP contribution in [0.5, 0.6) is 0 Å². The third-order valence-electron chi connectivity index (χ3n) is 4.32. The molecule has 1 aromatic carbocycles. The molecule has 3 rings (SSSR count). The number of carbonyl (C=O) groups excluding carboxylic acids is 2. The minimum atomic E-state index is -0.133. The number of carbonyl (C=O) groups is 2. The summed E-state index contributed by atoms with van der Waals surface area (Å²) in [5.74, 6) is 0.504. The zero-order valence-electron chi connectivity index (χ0n) is 15.4. The molecular weight excluding hydrogens is 401 g/mol. The average Bonchev–Trinajstić information content (AvgIpc) is 2.64. The fourth-order valence-electron chi connectivity index (χ4n) is 3.00. The maximum absolute atomic E-state index is 12.3. The molecule has 1 aliphatic rings. The number of halogens is 2. The lowest BCUT2D eigenvalue weighted by Gasteiger charge is -2.35. The Morgan fingerprint density at radius 2 is 1.64 bits per heavy atom. The molecule has 0 unspecified atom stereocenters. The molecule has 1 fully saturated rings.